The first-order chi connectivity index (χ1) is 11.5. The van der Waals surface area contributed by atoms with Crippen molar-refractivity contribution in [2.75, 3.05) is 17.7 Å². The molecule has 1 N–H and O–H groups in total. The van der Waals surface area contributed by atoms with Crippen LogP contribution in [0.2, 0.25) is 0 Å². The van der Waals surface area contributed by atoms with Crippen LogP contribution in [0.3, 0.4) is 0 Å². The van der Waals surface area contributed by atoms with E-state index in [-0.39, 0.29) is 29.1 Å². The Morgan fingerprint density at radius 1 is 1.42 bits per heavy atom. The molecule has 0 radical (unpaired) electrons. The van der Waals surface area contributed by atoms with Crippen LogP contribution in [0.25, 0.3) is 0 Å². The van der Waals surface area contributed by atoms with Crippen molar-refractivity contribution in [3.05, 3.63) is 21.9 Å². The van der Waals surface area contributed by atoms with E-state index in [1.54, 1.807) is 20.8 Å². The summed E-state index contributed by atoms with van der Waals surface area (Å²) in [5, 5.41) is 20.0. The van der Waals surface area contributed by atoms with Gasteiger partial charge in [0.1, 0.15) is 15.9 Å². The van der Waals surface area contributed by atoms with E-state index in [4.69, 9.17) is 9.15 Å². The lowest BCUT2D eigenvalue weighted by atomic mass is 10.2. The highest BCUT2D eigenvalue weighted by Gasteiger charge is 2.22. The third-order valence-corrected chi connectivity index (χ3v) is 4.81. The maximum atomic E-state index is 12.0. The summed E-state index contributed by atoms with van der Waals surface area (Å²) in [6, 6.07) is 2.00. The standard InChI is InChI=1S/C14H14N4O4S2/c1-4-21-13(20)11-7(2)9(5-15)12(24-11)16-10(19)6-23-14-18-17-8(3)22-14/h4,6H2,1-3H3,(H,16,19). The Kier molecular flexibility index (Phi) is 5.94. The van der Waals surface area contributed by atoms with Gasteiger partial charge in [0.25, 0.3) is 5.22 Å². The molecule has 0 aliphatic rings. The molecule has 8 nitrogen and oxygen atoms in total. The van der Waals surface area contributed by atoms with Crippen LogP contribution in [0.1, 0.15) is 33.6 Å². The van der Waals surface area contributed by atoms with Crippen LogP contribution < -0.4 is 5.32 Å². The topological polar surface area (TPSA) is 118 Å². The molecule has 0 spiro atoms. The number of nitrogens with zero attached hydrogens (tertiary/aromatic N) is 3. The number of ether oxygens (including phenoxy) is 1. The number of nitrogens with one attached hydrogen (secondary N) is 1. The first-order valence-electron chi connectivity index (χ1n) is 6.89. The number of thioether (sulfide) groups is 1. The molecular weight excluding hydrogens is 352 g/mol. The third kappa shape index (κ3) is 4.12. The number of nitriles is 1. The Hall–Kier alpha value is -2.38. The Bertz CT molecular complexity index is 806. The molecule has 0 aliphatic carbocycles. The maximum Gasteiger partial charge on any atom is 0.348 e. The van der Waals surface area contributed by atoms with Crippen LogP contribution in [0, 0.1) is 25.2 Å². The van der Waals surface area contributed by atoms with E-state index < -0.39 is 5.97 Å². The molecule has 2 heterocycles. The first-order valence-corrected chi connectivity index (χ1v) is 8.69. The fourth-order valence-corrected chi connectivity index (χ4v) is 3.43. The van der Waals surface area contributed by atoms with Gasteiger partial charge in [-0.3, -0.25) is 4.79 Å². The molecule has 0 aromatic carbocycles. The number of thiophene rings is 1. The van der Waals surface area contributed by atoms with Crippen molar-refractivity contribution < 1.29 is 18.7 Å². The summed E-state index contributed by atoms with van der Waals surface area (Å²) in [5.41, 5.74) is 0.756. The molecule has 10 heteroatoms. The van der Waals surface area contributed by atoms with Gasteiger partial charge >= 0.3 is 5.97 Å². The second-order valence-corrected chi connectivity index (χ2v) is 6.46. The average Bonchev–Trinajstić information content (AvgIpc) is 3.09. The van der Waals surface area contributed by atoms with Gasteiger partial charge < -0.3 is 14.5 Å². The number of hydrogen-bond acceptors (Lipinski definition) is 9. The zero-order valence-electron chi connectivity index (χ0n) is 13.2. The molecule has 0 bridgehead atoms. The lowest BCUT2D eigenvalue weighted by molar-refractivity contribution is -0.113. The average molecular weight is 366 g/mol. The van der Waals surface area contributed by atoms with E-state index in [2.05, 4.69) is 15.5 Å². The van der Waals surface area contributed by atoms with Crippen LogP contribution >= 0.6 is 23.1 Å². The number of aromatic nitrogens is 2. The summed E-state index contributed by atoms with van der Waals surface area (Å²) in [6.07, 6.45) is 0. The second kappa shape index (κ2) is 7.94. The van der Waals surface area contributed by atoms with Gasteiger partial charge in [-0.2, -0.15) is 5.26 Å². The smallest absolute Gasteiger partial charge is 0.348 e. The molecular formula is C14H14N4O4S2. The van der Waals surface area contributed by atoms with Gasteiger partial charge in [0.15, 0.2) is 0 Å². The van der Waals surface area contributed by atoms with Gasteiger partial charge in [0.05, 0.1) is 17.9 Å². The number of aryl methyl sites for hydroxylation is 1. The highest BCUT2D eigenvalue weighted by Crippen LogP contribution is 2.33. The van der Waals surface area contributed by atoms with Gasteiger partial charge in [-0.1, -0.05) is 11.8 Å². The van der Waals surface area contributed by atoms with E-state index >= 15 is 0 Å². The molecule has 0 saturated carbocycles. The summed E-state index contributed by atoms with van der Waals surface area (Å²) in [4.78, 5) is 24.2. The number of anilines is 1. The largest absolute Gasteiger partial charge is 0.462 e. The first kappa shape index (κ1) is 18.0. The number of amides is 1. The molecule has 2 aromatic rings. The van der Waals surface area contributed by atoms with Crippen molar-refractivity contribution in [2.24, 2.45) is 0 Å². The highest BCUT2D eigenvalue weighted by molar-refractivity contribution is 7.99. The number of rotatable bonds is 6. The predicted molar refractivity (Wildman–Crippen MR) is 88.1 cm³/mol. The fourth-order valence-electron chi connectivity index (χ4n) is 1.75. The van der Waals surface area contributed by atoms with Crippen LogP contribution in [0.4, 0.5) is 5.00 Å². The van der Waals surface area contributed by atoms with Gasteiger partial charge in [0, 0.05) is 6.92 Å². The normalized spacial score (nSPS) is 10.2. The molecule has 0 atom stereocenters. The number of hydrogen-bond donors (Lipinski definition) is 1. The lowest BCUT2D eigenvalue weighted by Gasteiger charge is -2.01. The molecule has 0 unspecified atom stereocenters. The summed E-state index contributed by atoms with van der Waals surface area (Å²) >= 11 is 2.11. The second-order valence-electron chi connectivity index (χ2n) is 4.52. The predicted octanol–water partition coefficient (Wildman–Crippen LogP) is 2.53. The Morgan fingerprint density at radius 3 is 2.75 bits per heavy atom. The number of esters is 1. The van der Waals surface area contributed by atoms with E-state index in [0.29, 0.717) is 21.3 Å². The Morgan fingerprint density at radius 2 is 2.17 bits per heavy atom. The molecule has 1 amide bonds. The minimum absolute atomic E-state index is 0.0399. The van der Waals surface area contributed by atoms with Gasteiger partial charge in [-0.05, 0) is 19.4 Å². The molecule has 2 aromatic heterocycles. The van der Waals surface area contributed by atoms with Crippen LogP contribution in [0.15, 0.2) is 9.64 Å². The molecule has 0 aliphatic heterocycles. The van der Waals surface area contributed by atoms with Crippen molar-refractivity contribution >= 4 is 40.0 Å². The maximum absolute atomic E-state index is 12.0. The molecule has 0 saturated heterocycles. The highest BCUT2D eigenvalue weighted by atomic mass is 32.2. The van der Waals surface area contributed by atoms with Gasteiger partial charge in [-0.25, -0.2) is 4.79 Å². The van der Waals surface area contributed by atoms with Crippen LogP contribution in [-0.2, 0) is 9.53 Å². The zero-order valence-corrected chi connectivity index (χ0v) is 14.8. The summed E-state index contributed by atoms with van der Waals surface area (Å²) < 4.78 is 10.1. The summed E-state index contributed by atoms with van der Waals surface area (Å²) in [5.74, 6) is -0.396. The monoisotopic (exact) mass is 366 g/mol. The Labute approximate surface area is 146 Å². The van der Waals surface area contributed by atoms with Crippen molar-refractivity contribution in [3.63, 3.8) is 0 Å². The van der Waals surface area contributed by atoms with Crippen molar-refractivity contribution in [3.8, 4) is 6.07 Å². The van der Waals surface area contributed by atoms with Crippen molar-refractivity contribution in [1.29, 1.82) is 5.26 Å². The SMILES string of the molecule is CCOC(=O)c1sc(NC(=O)CSc2nnc(C)o2)c(C#N)c1C. The number of carbonyl (C=O) groups excluding carboxylic acids is 2. The zero-order chi connectivity index (χ0) is 17.7. The van der Waals surface area contributed by atoms with Crippen LogP contribution in [-0.4, -0.2) is 34.4 Å². The van der Waals surface area contributed by atoms with E-state index in [0.717, 1.165) is 23.1 Å². The van der Waals surface area contributed by atoms with Crippen LogP contribution in [0.5, 0.6) is 0 Å². The molecule has 24 heavy (non-hydrogen) atoms. The van der Waals surface area contributed by atoms with Gasteiger partial charge in [0.2, 0.25) is 11.8 Å². The van der Waals surface area contributed by atoms with Crippen molar-refractivity contribution in [2.45, 2.75) is 26.0 Å². The lowest BCUT2D eigenvalue weighted by Crippen LogP contribution is -2.13. The minimum atomic E-state index is -0.507. The summed E-state index contributed by atoms with van der Waals surface area (Å²) in [6.45, 7) is 5.24. The summed E-state index contributed by atoms with van der Waals surface area (Å²) in [7, 11) is 0. The fraction of sp³-hybridized carbons (Fsp3) is 0.357. The van der Waals surface area contributed by atoms with Gasteiger partial charge in [-0.15, -0.1) is 21.5 Å². The molecule has 126 valence electrons. The molecule has 2 rings (SSSR count). The van der Waals surface area contributed by atoms with Crippen molar-refractivity contribution in [1.82, 2.24) is 10.2 Å². The van der Waals surface area contributed by atoms with E-state index in [1.807, 2.05) is 6.07 Å². The van der Waals surface area contributed by atoms with E-state index in [1.165, 1.54) is 0 Å². The Balaban J connectivity index is 2.08. The van der Waals surface area contributed by atoms with E-state index in [9.17, 15) is 14.9 Å². The third-order valence-electron chi connectivity index (χ3n) is 2.81. The number of carbonyl (C=O) groups is 2. The molecule has 0 fully saturated rings. The minimum Gasteiger partial charge on any atom is -0.462 e. The quantitative estimate of drug-likeness (QED) is 0.612.